The second-order valence-corrected chi connectivity index (χ2v) is 3.87. The van der Waals surface area contributed by atoms with Gasteiger partial charge in [-0.15, -0.1) is 0 Å². The van der Waals surface area contributed by atoms with Crippen LogP contribution >= 0.6 is 23.2 Å². The van der Waals surface area contributed by atoms with Crippen molar-refractivity contribution in [2.45, 2.75) is 18.8 Å². The molecule has 0 bridgehead atoms. The fraction of sp³-hybridized carbons (Fsp3) is 0.300. The number of halogens is 2. The average molecular weight is 200 g/mol. The van der Waals surface area contributed by atoms with Crippen molar-refractivity contribution >= 4 is 23.2 Å². The number of hydrogen-bond donors (Lipinski definition) is 0. The van der Waals surface area contributed by atoms with E-state index in [1.807, 2.05) is 18.2 Å². The molecule has 0 saturated heterocycles. The topological polar surface area (TPSA) is 0 Å². The Morgan fingerprint density at radius 2 is 1.75 bits per heavy atom. The molecule has 2 heteroatoms. The molecule has 1 aliphatic rings. The van der Waals surface area contributed by atoms with E-state index in [1.54, 1.807) is 0 Å². The van der Waals surface area contributed by atoms with Crippen LogP contribution in [0.3, 0.4) is 0 Å². The Labute approximate surface area is 82.5 Å². The van der Waals surface area contributed by atoms with E-state index >= 15 is 0 Å². The fourth-order valence-electron chi connectivity index (χ4n) is 1.46. The Morgan fingerprint density at radius 1 is 1.17 bits per heavy atom. The Bertz CT molecular complexity index is 270. The van der Waals surface area contributed by atoms with Crippen molar-refractivity contribution in [2.24, 2.45) is 0 Å². The van der Waals surface area contributed by atoms with Gasteiger partial charge in [0.25, 0.3) is 0 Å². The summed E-state index contributed by atoms with van der Waals surface area (Å²) in [6, 6.07) is 5.68. The lowest BCUT2D eigenvalue weighted by Gasteiger charge is -2.27. The van der Waals surface area contributed by atoms with Crippen molar-refractivity contribution in [1.29, 1.82) is 0 Å². The smallest absolute Gasteiger partial charge is 0.0455 e. The SMILES string of the molecule is Clc1cccc(Cl)c1C1[CH]CC1. The molecule has 1 radical (unpaired) electrons. The standard InChI is InChI=1S/C10H9Cl2/c11-8-5-2-6-9(12)10(8)7-3-1-4-7/h2-3,5-7H,1,4H2. The maximum absolute atomic E-state index is 6.03. The van der Waals surface area contributed by atoms with Crippen molar-refractivity contribution < 1.29 is 0 Å². The molecule has 0 heterocycles. The molecule has 12 heavy (non-hydrogen) atoms. The molecule has 1 fully saturated rings. The lowest BCUT2D eigenvalue weighted by atomic mass is 9.80. The molecule has 1 saturated carbocycles. The molecule has 63 valence electrons. The van der Waals surface area contributed by atoms with Gasteiger partial charge in [0.15, 0.2) is 0 Å². The number of benzene rings is 1. The minimum Gasteiger partial charge on any atom is -0.0840 e. The van der Waals surface area contributed by atoms with Crippen LogP contribution in [0.15, 0.2) is 18.2 Å². The van der Waals surface area contributed by atoms with Crippen LogP contribution in [0, 0.1) is 6.42 Å². The normalized spacial score (nSPS) is 17.5. The summed E-state index contributed by atoms with van der Waals surface area (Å²) < 4.78 is 0. The van der Waals surface area contributed by atoms with Gasteiger partial charge in [0.05, 0.1) is 0 Å². The molecule has 0 N–H and O–H groups in total. The minimum atomic E-state index is 0.492. The predicted molar refractivity (Wildman–Crippen MR) is 52.7 cm³/mol. The zero-order valence-corrected chi connectivity index (χ0v) is 8.07. The van der Waals surface area contributed by atoms with Crippen LogP contribution in [0.1, 0.15) is 24.3 Å². The first-order chi connectivity index (χ1) is 5.79. The van der Waals surface area contributed by atoms with E-state index in [9.17, 15) is 0 Å². The summed E-state index contributed by atoms with van der Waals surface area (Å²) in [7, 11) is 0. The average Bonchev–Trinajstić information content (AvgIpc) is 1.93. The molecule has 0 amide bonds. The largest absolute Gasteiger partial charge is 0.0840 e. The molecule has 0 aliphatic heterocycles. The van der Waals surface area contributed by atoms with Crippen LogP contribution in [0.2, 0.25) is 10.0 Å². The van der Waals surface area contributed by atoms with Gasteiger partial charge in [0, 0.05) is 10.0 Å². The van der Waals surface area contributed by atoms with Gasteiger partial charge >= 0.3 is 0 Å². The third-order valence-electron chi connectivity index (χ3n) is 2.30. The van der Waals surface area contributed by atoms with Crippen LogP contribution in [0.4, 0.5) is 0 Å². The van der Waals surface area contributed by atoms with Gasteiger partial charge in [-0.25, -0.2) is 0 Å². The van der Waals surface area contributed by atoms with Crippen LogP contribution < -0.4 is 0 Å². The van der Waals surface area contributed by atoms with Crippen molar-refractivity contribution in [3.8, 4) is 0 Å². The van der Waals surface area contributed by atoms with Crippen molar-refractivity contribution in [3.63, 3.8) is 0 Å². The molecule has 1 aliphatic carbocycles. The quantitative estimate of drug-likeness (QED) is 0.640. The van der Waals surface area contributed by atoms with Crippen LogP contribution in [0.5, 0.6) is 0 Å². The number of hydrogen-bond acceptors (Lipinski definition) is 0. The monoisotopic (exact) mass is 199 g/mol. The lowest BCUT2D eigenvalue weighted by molar-refractivity contribution is 0.554. The summed E-state index contributed by atoms with van der Waals surface area (Å²) in [6.07, 6.45) is 4.63. The van der Waals surface area contributed by atoms with E-state index in [4.69, 9.17) is 23.2 Å². The minimum absolute atomic E-state index is 0.492. The summed E-state index contributed by atoms with van der Waals surface area (Å²) in [5.74, 6) is 0.492. The van der Waals surface area contributed by atoms with Gasteiger partial charge in [0.1, 0.15) is 0 Å². The summed E-state index contributed by atoms with van der Waals surface area (Å²) in [5.41, 5.74) is 1.10. The molecule has 1 atom stereocenters. The third kappa shape index (κ3) is 1.34. The van der Waals surface area contributed by atoms with Gasteiger partial charge in [-0.3, -0.25) is 0 Å². The summed E-state index contributed by atoms with van der Waals surface area (Å²) in [5, 5.41) is 1.59. The first kappa shape index (κ1) is 8.40. The maximum atomic E-state index is 6.03. The molecule has 0 spiro atoms. The molecule has 0 nitrogen and oxygen atoms in total. The molecule has 2 rings (SSSR count). The first-order valence-corrected chi connectivity index (χ1v) is 4.82. The second kappa shape index (κ2) is 3.27. The maximum Gasteiger partial charge on any atom is 0.0455 e. The molecule has 1 aromatic carbocycles. The Balaban J connectivity index is 2.39. The van der Waals surface area contributed by atoms with E-state index < -0.39 is 0 Å². The van der Waals surface area contributed by atoms with Gasteiger partial charge in [-0.1, -0.05) is 29.3 Å². The van der Waals surface area contributed by atoms with Crippen LogP contribution in [-0.4, -0.2) is 0 Å². The molecule has 0 aromatic heterocycles. The van der Waals surface area contributed by atoms with Crippen molar-refractivity contribution in [1.82, 2.24) is 0 Å². The fourth-order valence-corrected chi connectivity index (χ4v) is 2.14. The van der Waals surface area contributed by atoms with Crippen molar-refractivity contribution in [2.75, 3.05) is 0 Å². The summed E-state index contributed by atoms with van der Waals surface area (Å²) >= 11 is 12.1. The zero-order chi connectivity index (χ0) is 8.55. The van der Waals surface area contributed by atoms with E-state index in [0.29, 0.717) is 5.92 Å². The predicted octanol–water partition coefficient (Wildman–Crippen LogP) is 4.08. The van der Waals surface area contributed by atoms with E-state index in [-0.39, 0.29) is 0 Å². The molecular formula is C10H9Cl2. The van der Waals surface area contributed by atoms with Gasteiger partial charge in [-0.05, 0) is 42.9 Å². The van der Waals surface area contributed by atoms with Gasteiger partial charge < -0.3 is 0 Å². The van der Waals surface area contributed by atoms with Crippen LogP contribution in [0.25, 0.3) is 0 Å². The summed E-state index contributed by atoms with van der Waals surface area (Å²) in [4.78, 5) is 0. The highest BCUT2D eigenvalue weighted by atomic mass is 35.5. The molecule has 1 aromatic rings. The van der Waals surface area contributed by atoms with E-state index in [0.717, 1.165) is 15.6 Å². The third-order valence-corrected chi connectivity index (χ3v) is 2.96. The Hall–Kier alpha value is -0.200. The highest BCUT2D eigenvalue weighted by Crippen LogP contribution is 2.42. The summed E-state index contributed by atoms with van der Waals surface area (Å²) in [6.45, 7) is 0. The Kier molecular flexibility index (Phi) is 2.29. The molecular weight excluding hydrogens is 191 g/mol. The highest BCUT2D eigenvalue weighted by Gasteiger charge is 2.23. The Morgan fingerprint density at radius 3 is 2.17 bits per heavy atom. The zero-order valence-electron chi connectivity index (χ0n) is 6.56. The highest BCUT2D eigenvalue weighted by molar-refractivity contribution is 6.36. The van der Waals surface area contributed by atoms with Crippen LogP contribution in [-0.2, 0) is 0 Å². The van der Waals surface area contributed by atoms with Gasteiger partial charge in [-0.2, -0.15) is 0 Å². The van der Waals surface area contributed by atoms with Gasteiger partial charge in [0.2, 0.25) is 0 Å². The van der Waals surface area contributed by atoms with Crippen molar-refractivity contribution in [3.05, 3.63) is 40.2 Å². The molecule has 1 unspecified atom stereocenters. The first-order valence-electron chi connectivity index (χ1n) is 4.06. The van der Waals surface area contributed by atoms with E-state index in [2.05, 4.69) is 6.42 Å². The van der Waals surface area contributed by atoms with E-state index in [1.165, 1.54) is 12.8 Å². The number of rotatable bonds is 1. The lowest BCUT2D eigenvalue weighted by Crippen LogP contribution is -2.10. The second-order valence-electron chi connectivity index (χ2n) is 3.05.